The summed E-state index contributed by atoms with van der Waals surface area (Å²) in [6, 6.07) is 12.6. The van der Waals surface area contributed by atoms with Crippen LogP contribution in [0.1, 0.15) is 29.8 Å². The number of phenols is 1. The summed E-state index contributed by atoms with van der Waals surface area (Å²) in [5, 5.41) is 26.7. The van der Waals surface area contributed by atoms with Crippen LogP contribution in [0, 0.1) is 0 Å². The normalized spacial score (nSPS) is 11.8. The van der Waals surface area contributed by atoms with E-state index in [4.69, 9.17) is 4.74 Å². The quantitative estimate of drug-likeness (QED) is 0.591. The topological polar surface area (TPSA) is 113 Å². The number of para-hydroxylation sites is 1. The fraction of sp³-hybridized carbons (Fsp3) is 0.263. The van der Waals surface area contributed by atoms with Gasteiger partial charge >= 0.3 is 0 Å². The predicted molar refractivity (Wildman–Crippen MR) is 99.7 cm³/mol. The van der Waals surface area contributed by atoms with Crippen LogP contribution in [0.4, 0.5) is 5.69 Å². The molecule has 0 saturated heterocycles. The van der Waals surface area contributed by atoms with Crippen molar-refractivity contribution in [2.45, 2.75) is 25.7 Å². The summed E-state index contributed by atoms with van der Waals surface area (Å²) in [7, 11) is 1.48. The highest BCUT2D eigenvalue weighted by molar-refractivity contribution is 5.96. The molecule has 8 nitrogen and oxygen atoms in total. The number of methoxy groups -OCH3 is 1. The van der Waals surface area contributed by atoms with Gasteiger partial charge in [0.25, 0.3) is 0 Å². The summed E-state index contributed by atoms with van der Waals surface area (Å²) >= 11 is 0. The fourth-order valence-electron chi connectivity index (χ4n) is 2.87. The second-order valence-electron chi connectivity index (χ2n) is 6.03. The molecule has 3 N–H and O–H groups in total. The number of hydrogen-bond donors (Lipinski definition) is 3. The number of H-pyrrole nitrogens is 1. The van der Waals surface area contributed by atoms with Crippen LogP contribution in [0.2, 0.25) is 0 Å². The van der Waals surface area contributed by atoms with Crippen molar-refractivity contribution < 1.29 is 14.6 Å². The lowest BCUT2D eigenvalue weighted by Crippen LogP contribution is -2.24. The third-order valence-corrected chi connectivity index (χ3v) is 4.33. The van der Waals surface area contributed by atoms with Gasteiger partial charge in [-0.15, -0.1) is 10.2 Å². The van der Waals surface area contributed by atoms with Crippen LogP contribution in [0.25, 0.3) is 0 Å². The largest absolute Gasteiger partial charge is 0.504 e. The molecule has 0 bridgehead atoms. The number of tetrazole rings is 1. The zero-order valence-electron chi connectivity index (χ0n) is 15.1. The number of ether oxygens (including phenoxy) is 1. The van der Waals surface area contributed by atoms with Crippen LogP contribution < -0.4 is 10.1 Å². The number of carbonyl (C=O) groups excluding carboxylic acids is 1. The van der Waals surface area contributed by atoms with Crippen LogP contribution in [-0.4, -0.2) is 38.7 Å². The maximum Gasteiger partial charge on any atom is 0.235 e. The summed E-state index contributed by atoms with van der Waals surface area (Å²) in [6.45, 7) is 2.03. The number of benzene rings is 2. The Morgan fingerprint density at radius 3 is 2.81 bits per heavy atom. The Balaban J connectivity index is 1.87. The van der Waals surface area contributed by atoms with Gasteiger partial charge in [0.15, 0.2) is 17.3 Å². The van der Waals surface area contributed by atoms with Gasteiger partial charge in [0.1, 0.15) is 5.92 Å². The Labute approximate surface area is 156 Å². The minimum atomic E-state index is -0.650. The maximum atomic E-state index is 13.0. The first-order valence-electron chi connectivity index (χ1n) is 8.60. The molecular formula is C19H21N5O3. The number of hydrogen-bond acceptors (Lipinski definition) is 6. The Bertz CT molecular complexity index is 911. The Morgan fingerprint density at radius 1 is 1.30 bits per heavy atom. The van der Waals surface area contributed by atoms with Crippen molar-refractivity contribution in [3.63, 3.8) is 0 Å². The summed E-state index contributed by atoms with van der Waals surface area (Å²) < 4.78 is 5.14. The molecule has 0 aliphatic carbocycles. The number of aromatic hydroxyl groups is 1. The molecule has 1 aromatic heterocycles. The fourth-order valence-corrected chi connectivity index (χ4v) is 2.87. The van der Waals surface area contributed by atoms with E-state index in [1.807, 2.05) is 31.2 Å². The Kier molecular flexibility index (Phi) is 5.65. The first kappa shape index (κ1) is 18.4. The molecule has 0 unspecified atom stereocenters. The van der Waals surface area contributed by atoms with Crippen LogP contribution >= 0.6 is 0 Å². The van der Waals surface area contributed by atoms with Crippen molar-refractivity contribution in [1.82, 2.24) is 20.6 Å². The van der Waals surface area contributed by atoms with E-state index < -0.39 is 5.92 Å². The molecule has 0 radical (unpaired) electrons. The van der Waals surface area contributed by atoms with E-state index in [9.17, 15) is 9.90 Å². The number of phenolic OH excluding ortho intramolecular Hbond substituents is 1. The molecule has 0 aliphatic heterocycles. The second-order valence-corrected chi connectivity index (χ2v) is 6.03. The summed E-state index contributed by atoms with van der Waals surface area (Å²) in [4.78, 5) is 13.0. The molecule has 140 valence electrons. The van der Waals surface area contributed by atoms with Crippen molar-refractivity contribution in [2.24, 2.45) is 0 Å². The third-order valence-electron chi connectivity index (χ3n) is 4.33. The van der Waals surface area contributed by atoms with E-state index in [1.54, 1.807) is 12.1 Å². The summed E-state index contributed by atoms with van der Waals surface area (Å²) in [6.07, 6.45) is 1.13. The van der Waals surface area contributed by atoms with E-state index in [2.05, 4.69) is 25.9 Å². The van der Waals surface area contributed by atoms with E-state index in [1.165, 1.54) is 13.2 Å². The minimum Gasteiger partial charge on any atom is -0.504 e. The molecule has 1 amide bonds. The number of rotatable bonds is 7. The Morgan fingerprint density at radius 2 is 2.11 bits per heavy atom. The van der Waals surface area contributed by atoms with Crippen LogP contribution in [0.5, 0.6) is 11.5 Å². The number of aromatic amines is 1. The molecule has 2 aromatic carbocycles. The van der Waals surface area contributed by atoms with Gasteiger partial charge in [0.05, 0.1) is 7.11 Å². The first-order chi connectivity index (χ1) is 13.1. The van der Waals surface area contributed by atoms with Crippen molar-refractivity contribution >= 4 is 11.6 Å². The standard InChI is InChI=1S/C19H21N5O3/c1-3-13-6-4-5-7-15(13)20-19(26)14(18-21-23-24-22-18)10-12-8-9-16(25)17(11-12)27-2/h4-9,11,14,25H,3,10H2,1-2H3,(H,20,26)(H,21,22,23,24)/t14-/m0/s1. The van der Waals surface area contributed by atoms with Gasteiger partial charge in [-0.1, -0.05) is 36.4 Å². The van der Waals surface area contributed by atoms with Gasteiger partial charge in [-0.05, 0) is 42.2 Å². The predicted octanol–water partition coefficient (Wildman–Crippen LogP) is 2.44. The van der Waals surface area contributed by atoms with Crippen LogP contribution in [0.15, 0.2) is 42.5 Å². The lowest BCUT2D eigenvalue weighted by molar-refractivity contribution is -0.117. The average molecular weight is 367 g/mol. The van der Waals surface area contributed by atoms with Gasteiger partial charge in [-0.2, -0.15) is 5.21 Å². The highest BCUT2D eigenvalue weighted by Crippen LogP contribution is 2.29. The van der Waals surface area contributed by atoms with Gasteiger partial charge in [-0.25, -0.2) is 0 Å². The lowest BCUT2D eigenvalue weighted by atomic mass is 9.97. The van der Waals surface area contributed by atoms with Crippen LogP contribution in [0.3, 0.4) is 0 Å². The third kappa shape index (κ3) is 4.22. The zero-order valence-corrected chi connectivity index (χ0v) is 15.1. The van der Waals surface area contributed by atoms with Crippen molar-refractivity contribution in [1.29, 1.82) is 0 Å². The second kappa shape index (κ2) is 8.31. The number of amides is 1. The summed E-state index contributed by atoms with van der Waals surface area (Å²) in [5.41, 5.74) is 2.61. The van der Waals surface area contributed by atoms with Gasteiger partial charge in [-0.3, -0.25) is 4.79 Å². The Hall–Kier alpha value is -3.42. The highest BCUT2D eigenvalue weighted by atomic mass is 16.5. The monoisotopic (exact) mass is 367 g/mol. The van der Waals surface area contributed by atoms with Crippen LogP contribution in [-0.2, 0) is 17.6 Å². The molecule has 3 aromatic rings. The molecule has 0 aliphatic rings. The molecule has 0 saturated carbocycles. The number of aromatic nitrogens is 4. The minimum absolute atomic E-state index is 0.0404. The first-order valence-corrected chi connectivity index (χ1v) is 8.60. The van der Waals surface area contributed by atoms with Crippen molar-refractivity contribution in [3.05, 3.63) is 59.4 Å². The molecule has 0 spiro atoms. The van der Waals surface area contributed by atoms with E-state index >= 15 is 0 Å². The van der Waals surface area contributed by atoms with Crippen molar-refractivity contribution in [2.75, 3.05) is 12.4 Å². The number of carbonyl (C=O) groups is 1. The maximum absolute atomic E-state index is 13.0. The average Bonchev–Trinajstić information content (AvgIpc) is 3.22. The lowest BCUT2D eigenvalue weighted by Gasteiger charge is -2.16. The zero-order chi connectivity index (χ0) is 19.2. The molecule has 8 heteroatoms. The van der Waals surface area contributed by atoms with Gasteiger partial charge in [0, 0.05) is 5.69 Å². The number of nitrogens with zero attached hydrogens (tertiary/aromatic N) is 3. The molecule has 1 atom stereocenters. The number of nitrogens with one attached hydrogen (secondary N) is 2. The van der Waals surface area contributed by atoms with Gasteiger partial charge in [0.2, 0.25) is 5.91 Å². The number of aryl methyl sites for hydroxylation is 1. The molecule has 3 rings (SSSR count). The van der Waals surface area contributed by atoms with E-state index in [0.717, 1.165) is 23.2 Å². The molecule has 0 fully saturated rings. The van der Waals surface area contributed by atoms with E-state index in [0.29, 0.717) is 18.0 Å². The van der Waals surface area contributed by atoms with Gasteiger partial charge < -0.3 is 15.2 Å². The van der Waals surface area contributed by atoms with E-state index in [-0.39, 0.29) is 11.7 Å². The molecule has 27 heavy (non-hydrogen) atoms. The highest BCUT2D eigenvalue weighted by Gasteiger charge is 2.26. The molecular weight excluding hydrogens is 346 g/mol. The van der Waals surface area contributed by atoms with Crippen molar-refractivity contribution in [3.8, 4) is 11.5 Å². The SMILES string of the molecule is CCc1ccccc1NC(=O)[C@@H](Cc1ccc(O)c(OC)c1)c1nn[nH]n1. The molecule has 1 heterocycles. The number of anilines is 1. The summed E-state index contributed by atoms with van der Waals surface area (Å²) in [5.74, 6) is -0.199. The smallest absolute Gasteiger partial charge is 0.235 e.